The van der Waals surface area contributed by atoms with Crippen LogP contribution in [0.2, 0.25) is 0 Å². The van der Waals surface area contributed by atoms with E-state index in [2.05, 4.69) is 6.07 Å². The molecule has 0 saturated heterocycles. The molecule has 5 nitrogen and oxygen atoms in total. The standard InChI is InChI=1S/C22H28N2O3S/c1-5-21(22(25)23-13-12-18-8-6-7-9-19(18)15-23)24(28(4,26)27)20-11-10-16(2)17(3)14-20/h6-11,14,21H,5,12-13,15H2,1-4H3/t21-/m0/s1. The lowest BCUT2D eigenvalue weighted by Gasteiger charge is -2.36. The van der Waals surface area contributed by atoms with Gasteiger partial charge in [0.2, 0.25) is 15.9 Å². The average Bonchev–Trinajstić information content (AvgIpc) is 2.66. The molecule has 1 atom stereocenters. The van der Waals surface area contributed by atoms with Gasteiger partial charge in [-0.15, -0.1) is 0 Å². The second kappa shape index (κ2) is 7.95. The van der Waals surface area contributed by atoms with Crippen LogP contribution in [0.25, 0.3) is 0 Å². The molecule has 0 aliphatic carbocycles. The van der Waals surface area contributed by atoms with Crippen molar-refractivity contribution in [2.24, 2.45) is 0 Å². The largest absolute Gasteiger partial charge is 0.336 e. The van der Waals surface area contributed by atoms with Crippen LogP contribution >= 0.6 is 0 Å². The SMILES string of the molecule is CC[C@@H](C(=O)N1CCc2ccccc2C1)N(c1ccc(C)c(C)c1)S(C)(=O)=O. The second-order valence-electron chi connectivity index (χ2n) is 7.53. The van der Waals surface area contributed by atoms with Crippen LogP contribution in [0.4, 0.5) is 5.69 Å². The molecule has 0 unspecified atom stereocenters. The summed E-state index contributed by atoms with van der Waals surface area (Å²) in [5, 5.41) is 0. The van der Waals surface area contributed by atoms with Crippen LogP contribution < -0.4 is 4.31 Å². The summed E-state index contributed by atoms with van der Waals surface area (Å²) in [5.41, 5.74) is 5.02. The molecule has 150 valence electrons. The summed E-state index contributed by atoms with van der Waals surface area (Å²) in [6.07, 6.45) is 2.38. The molecule has 0 radical (unpaired) electrons. The van der Waals surface area contributed by atoms with Crippen LogP contribution in [0.15, 0.2) is 42.5 Å². The van der Waals surface area contributed by atoms with Gasteiger partial charge in [-0.1, -0.05) is 37.3 Å². The molecule has 0 N–H and O–H groups in total. The Kier molecular flexibility index (Phi) is 5.79. The molecule has 0 saturated carbocycles. The van der Waals surface area contributed by atoms with E-state index >= 15 is 0 Å². The van der Waals surface area contributed by atoms with Gasteiger partial charge in [-0.2, -0.15) is 0 Å². The summed E-state index contributed by atoms with van der Waals surface area (Å²) in [6, 6.07) is 12.9. The molecular formula is C22H28N2O3S. The van der Waals surface area contributed by atoms with Gasteiger partial charge in [-0.3, -0.25) is 9.10 Å². The lowest BCUT2D eigenvalue weighted by Crippen LogP contribution is -2.51. The van der Waals surface area contributed by atoms with E-state index in [0.29, 0.717) is 25.2 Å². The Morgan fingerprint density at radius 1 is 1.11 bits per heavy atom. The Hall–Kier alpha value is -2.34. The topological polar surface area (TPSA) is 57.7 Å². The van der Waals surface area contributed by atoms with Gasteiger partial charge in [-0.05, 0) is 61.1 Å². The number of fused-ring (bicyclic) bond motifs is 1. The van der Waals surface area contributed by atoms with Crippen LogP contribution in [0.1, 0.15) is 35.6 Å². The molecule has 0 bridgehead atoms. The van der Waals surface area contributed by atoms with Crippen molar-refractivity contribution in [3.8, 4) is 0 Å². The van der Waals surface area contributed by atoms with Crippen LogP contribution in [0.3, 0.4) is 0 Å². The first kappa shape index (κ1) is 20.4. The van der Waals surface area contributed by atoms with Crippen molar-refractivity contribution in [3.63, 3.8) is 0 Å². The minimum absolute atomic E-state index is 0.138. The minimum Gasteiger partial charge on any atom is -0.336 e. The number of anilines is 1. The first-order valence-electron chi connectivity index (χ1n) is 9.64. The monoisotopic (exact) mass is 400 g/mol. The number of sulfonamides is 1. The molecular weight excluding hydrogens is 372 g/mol. The van der Waals surface area contributed by atoms with E-state index in [1.807, 2.05) is 51.1 Å². The second-order valence-corrected chi connectivity index (χ2v) is 9.39. The fourth-order valence-electron chi connectivity index (χ4n) is 3.80. The van der Waals surface area contributed by atoms with Gasteiger partial charge >= 0.3 is 0 Å². The summed E-state index contributed by atoms with van der Waals surface area (Å²) in [7, 11) is -3.62. The Bertz CT molecular complexity index is 985. The van der Waals surface area contributed by atoms with Crippen LogP contribution in [-0.2, 0) is 27.8 Å². The zero-order chi connectivity index (χ0) is 20.5. The summed E-state index contributed by atoms with van der Waals surface area (Å²) in [4.78, 5) is 15.2. The predicted octanol–water partition coefficient (Wildman–Crippen LogP) is 3.43. The Morgan fingerprint density at radius 2 is 1.79 bits per heavy atom. The molecule has 28 heavy (non-hydrogen) atoms. The van der Waals surface area contributed by atoms with Gasteiger partial charge in [-0.25, -0.2) is 8.42 Å². The molecule has 1 amide bonds. The van der Waals surface area contributed by atoms with Crippen LogP contribution in [0.5, 0.6) is 0 Å². The highest BCUT2D eigenvalue weighted by Gasteiger charge is 2.35. The smallest absolute Gasteiger partial charge is 0.246 e. The number of amides is 1. The Morgan fingerprint density at radius 3 is 2.39 bits per heavy atom. The van der Waals surface area contributed by atoms with Gasteiger partial charge in [0.15, 0.2) is 0 Å². The highest BCUT2D eigenvalue weighted by Crippen LogP contribution is 2.27. The maximum atomic E-state index is 13.4. The zero-order valence-electron chi connectivity index (χ0n) is 17.0. The van der Waals surface area contributed by atoms with E-state index in [9.17, 15) is 13.2 Å². The maximum Gasteiger partial charge on any atom is 0.246 e. The fraction of sp³-hybridized carbons (Fsp3) is 0.409. The molecule has 0 fully saturated rings. The number of carbonyl (C=O) groups is 1. The van der Waals surface area contributed by atoms with Crippen molar-refractivity contribution in [1.82, 2.24) is 4.90 Å². The van der Waals surface area contributed by atoms with Gasteiger partial charge in [0.1, 0.15) is 6.04 Å². The average molecular weight is 401 g/mol. The molecule has 0 spiro atoms. The van der Waals surface area contributed by atoms with E-state index < -0.39 is 16.1 Å². The minimum atomic E-state index is -3.62. The third kappa shape index (κ3) is 4.07. The number of hydrogen-bond donors (Lipinski definition) is 0. The van der Waals surface area contributed by atoms with Gasteiger partial charge in [0.05, 0.1) is 11.9 Å². The zero-order valence-corrected chi connectivity index (χ0v) is 17.8. The van der Waals surface area contributed by atoms with E-state index in [1.165, 1.54) is 16.1 Å². The highest BCUT2D eigenvalue weighted by atomic mass is 32.2. The van der Waals surface area contributed by atoms with Crippen LogP contribution in [0, 0.1) is 13.8 Å². The lowest BCUT2D eigenvalue weighted by atomic mass is 9.99. The van der Waals surface area contributed by atoms with Crippen molar-refractivity contribution in [1.29, 1.82) is 0 Å². The molecule has 0 aromatic heterocycles. The number of nitrogens with zero attached hydrogens (tertiary/aromatic N) is 2. The summed E-state index contributed by atoms with van der Waals surface area (Å²) >= 11 is 0. The third-order valence-electron chi connectivity index (χ3n) is 5.50. The highest BCUT2D eigenvalue weighted by molar-refractivity contribution is 7.92. The maximum absolute atomic E-state index is 13.4. The van der Waals surface area contributed by atoms with Gasteiger partial charge in [0, 0.05) is 13.1 Å². The molecule has 6 heteroatoms. The fourth-order valence-corrected chi connectivity index (χ4v) is 5.00. The molecule has 2 aromatic rings. The summed E-state index contributed by atoms with van der Waals surface area (Å²) < 4.78 is 26.6. The van der Waals surface area contributed by atoms with E-state index in [-0.39, 0.29) is 5.91 Å². The molecule has 1 aliphatic heterocycles. The normalized spacial score (nSPS) is 15.1. The third-order valence-corrected chi connectivity index (χ3v) is 6.68. The molecule has 3 rings (SSSR count). The van der Waals surface area contributed by atoms with Crippen molar-refractivity contribution < 1.29 is 13.2 Å². The number of rotatable bonds is 5. The van der Waals surface area contributed by atoms with Gasteiger partial charge in [0.25, 0.3) is 0 Å². The molecule has 1 heterocycles. The van der Waals surface area contributed by atoms with Crippen molar-refractivity contribution in [2.45, 2.75) is 46.2 Å². The quantitative estimate of drug-likeness (QED) is 0.773. The van der Waals surface area contributed by atoms with Crippen molar-refractivity contribution >= 4 is 21.6 Å². The van der Waals surface area contributed by atoms with Crippen LogP contribution in [-0.4, -0.2) is 38.1 Å². The summed E-state index contributed by atoms with van der Waals surface area (Å²) in [5.74, 6) is -0.138. The van der Waals surface area contributed by atoms with E-state index in [1.54, 1.807) is 11.0 Å². The summed E-state index contributed by atoms with van der Waals surface area (Å²) in [6.45, 7) is 6.92. The number of hydrogen-bond acceptors (Lipinski definition) is 3. The van der Waals surface area contributed by atoms with Gasteiger partial charge < -0.3 is 4.90 Å². The Labute approximate surface area is 168 Å². The van der Waals surface area contributed by atoms with E-state index in [0.717, 1.165) is 23.1 Å². The Balaban J connectivity index is 1.94. The van der Waals surface area contributed by atoms with Crippen molar-refractivity contribution in [2.75, 3.05) is 17.1 Å². The number of aryl methyl sites for hydroxylation is 2. The predicted molar refractivity (Wildman–Crippen MR) is 113 cm³/mol. The first-order valence-corrected chi connectivity index (χ1v) is 11.5. The molecule has 1 aliphatic rings. The number of benzene rings is 2. The molecule has 2 aromatic carbocycles. The lowest BCUT2D eigenvalue weighted by molar-refractivity contribution is -0.133. The van der Waals surface area contributed by atoms with Crippen molar-refractivity contribution in [3.05, 3.63) is 64.7 Å². The first-order chi connectivity index (χ1) is 13.2. The number of carbonyl (C=O) groups excluding carboxylic acids is 1. The van der Waals surface area contributed by atoms with E-state index in [4.69, 9.17) is 0 Å².